The fourth-order valence-corrected chi connectivity index (χ4v) is 2.44. The monoisotopic (exact) mass is 273 g/mol. The van der Waals surface area contributed by atoms with Crippen LogP contribution in [0.15, 0.2) is 36.4 Å². The lowest BCUT2D eigenvalue weighted by atomic mass is 9.99. The lowest BCUT2D eigenvalue weighted by Crippen LogP contribution is -2.28. The second kappa shape index (κ2) is 6.37. The zero-order valence-corrected chi connectivity index (χ0v) is 11.8. The van der Waals surface area contributed by atoms with Gasteiger partial charge in [-0.3, -0.25) is 9.59 Å². The first-order valence-electron chi connectivity index (χ1n) is 6.71. The summed E-state index contributed by atoms with van der Waals surface area (Å²) in [4.78, 5) is 25.4. The van der Waals surface area contributed by atoms with Crippen LogP contribution in [0.1, 0.15) is 12.5 Å². The maximum atomic E-state index is 12.1. The van der Waals surface area contributed by atoms with Gasteiger partial charge in [-0.25, -0.2) is 0 Å². The van der Waals surface area contributed by atoms with Crippen molar-refractivity contribution in [1.29, 1.82) is 0 Å². The van der Waals surface area contributed by atoms with Crippen molar-refractivity contribution in [3.05, 3.63) is 42.0 Å². The number of carbonyl (C=O) groups is 2. The van der Waals surface area contributed by atoms with Gasteiger partial charge in [-0.1, -0.05) is 37.3 Å². The highest BCUT2D eigenvalue weighted by Crippen LogP contribution is 2.24. The number of methoxy groups -OCH3 is 1. The summed E-state index contributed by atoms with van der Waals surface area (Å²) in [5, 5.41) is 0. The van der Waals surface area contributed by atoms with Gasteiger partial charge in [0.05, 0.1) is 13.0 Å². The number of carbonyl (C=O) groups excluding carboxylic acids is 2. The lowest BCUT2D eigenvalue weighted by Gasteiger charge is -2.13. The highest BCUT2D eigenvalue weighted by Gasteiger charge is 2.36. The molecule has 2 rings (SSSR count). The van der Waals surface area contributed by atoms with Gasteiger partial charge in [0.25, 0.3) is 0 Å². The third kappa shape index (κ3) is 3.26. The van der Waals surface area contributed by atoms with Crippen molar-refractivity contribution in [2.45, 2.75) is 6.92 Å². The fraction of sp³-hybridized carbons (Fsp3) is 0.375. The molecule has 2 atom stereocenters. The average Bonchev–Trinajstić information content (AvgIpc) is 2.87. The van der Waals surface area contributed by atoms with Gasteiger partial charge in [0.15, 0.2) is 0 Å². The number of esters is 1. The number of ether oxygens (including phenoxy) is 1. The minimum absolute atomic E-state index is 0.0629. The van der Waals surface area contributed by atoms with Gasteiger partial charge < -0.3 is 9.64 Å². The molecule has 4 nitrogen and oxygen atoms in total. The Hall–Kier alpha value is -2.10. The van der Waals surface area contributed by atoms with E-state index in [2.05, 4.69) is 0 Å². The van der Waals surface area contributed by atoms with E-state index in [0.29, 0.717) is 13.1 Å². The summed E-state index contributed by atoms with van der Waals surface area (Å²) in [5.74, 6) is -0.377. The van der Waals surface area contributed by atoms with Crippen LogP contribution in [0.3, 0.4) is 0 Å². The van der Waals surface area contributed by atoms with E-state index in [0.717, 1.165) is 5.56 Å². The Morgan fingerprint density at radius 2 is 1.95 bits per heavy atom. The summed E-state index contributed by atoms with van der Waals surface area (Å²) >= 11 is 0. The smallest absolute Gasteiger partial charge is 0.310 e. The van der Waals surface area contributed by atoms with E-state index in [1.54, 1.807) is 17.1 Å². The van der Waals surface area contributed by atoms with Crippen LogP contribution < -0.4 is 0 Å². The van der Waals surface area contributed by atoms with Gasteiger partial charge in [0.2, 0.25) is 5.91 Å². The lowest BCUT2D eigenvalue weighted by molar-refractivity contribution is -0.146. The van der Waals surface area contributed by atoms with E-state index in [1.807, 2.05) is 37.3 Å². The third-order valence-electron chi connectivity index (χ3n) is 3.65. The van der Waals surface area contributed by atoms with Crippen LogP contribution in [0.5, 0.6) is 0 Å². The standard InChI is InChI=1S/C16H19NO3/c1-12-10-17(11-14(12)16(19)20-2)15(18)9-8-13-6-4-3-5-7-13/h3-9,12,14H,10-11H2,1-2H3/b9-8+. The van der Waals surface area contributed by atoms with Crippen molar-refractivity contribution in [2.75, 3.05) is 20.2 Å². The maximum absolute atomic E-state index is 12.1. The Bertz CT molecular complexity index is 510. The zero-order chi connectivity index (χ0) is 14.5. The molecule has 106 valence electrons. The van der Waals surface area contributed by atoms with Crippen LogP contribution in [-0.2, 0) is 14.3 Å². The van der Waals surface area contributed by atoms with Gasteiger partial charge in [-0.05, 0) is 17.6 Å². The van der Waals surface area contributed by atoms with Crippen LogP contribution in [0.2, 0.25) is 0 Å². The maximum Gasteiger partial charge on any atom is 0.310 e. The largest absolute Gasteiger partial charge is 0.469 e. The quantitative estimate of drug-likeness (QED) is 0.625. The molecule has 0 spiro atoms. The van der Waals surface area contributed by atoms with Crippen LogP contribution in [0.25, 0.3) is 6.08 Å². The Balaban J connectivity index is 1.98. The Kier molecular flexibility index (Phi) is 4.56. The number of amides is 1. The van der Waals surface area contributed by atoms with E-state index in [1.165, 1.54) is 7.11 Å². The first-order valence-corrected chi connectivity index (χ1v) is 6.71. The predicted molar refractivity (Wildman–Crippen MR) is 76.7 cm³/mol. The molecule has 2 unspecified atom stereocenters. The Labute approximate surface area is 119 Å². The molecule has 1 heterocycles. The van der Waals surface area contributed by atoms with Crippen LogP contribution in [-0.4, -0.2) is 37.0 Å². The molecule has 0 aromatic heterocycles. The average molecular weight is 273 g/mol. The molecular formula is C16H19NO3. The molecule has 0 radical (unpaired) electrons. The second-order valence-corrected chi connectivity index (χ2v) is 5.09. The summed E-state index contributed by atoms with van der Waals surface area (Å²) in [6.45, 7) is 3.00. The molecule has 1 aliphatic heterocycles. The number of hydrogen-bond acceptors (Lipinski definition) is 3. The first kappa shape index (κ1) is 14.3. The molecule has 0 saturated carbocycles. The van der Waals surface area contributed by atoms with Crippen molar-refractivity contribution in [2.24, 2.45) is 11.8 Å². The Morgan fingerprint density at radius 3 is 2.60 bits per heavy atom. The number of likely N-dealkylation sites (tertiary alicyclic amines) is 1. The van der Waals surface area contributed by atoms with Gasteiger partial charge >= 0.3 is 5.97 Å². The van der Waals surface area contributed by atoms with E-state index >= 15 is 0 Å². The summed E-state index contributed by atoms with van der Waals surface area (Å²) in [6.07, 6.45) is 3.35. The predicted octanol–water partition coefficient (Wildman–Crippen LogP) is 1.97. The number of hydrogen-bond donors (Lipinski definition) is 0. The highest BCUT2D eigenvalue weighted by molar-refractivity contribution is 5.92. The molecule has 4 heteroatoms. The van der Waals surface area contributed by atoms with E-state index in [9.17, 15) is 9.59 Å². The SMILES string of the molecule is COC(=O)C1CN(C(=O)/C=C/c2ccccc2)CC1C. The molecule has 1 aromatic rings. The summed E-state index contributed by atoms with van der Waals surface area (Å²) in [5.41, 5.74) is 0.984. The molecule has 1 aromatic carbocycles. The molecule has 20 heavy (non-hydrogen) atoms. The fourth-order valence-electron chi connectivity index (χ4n) is 2.44. The van der Waals surface area contributed by atoms with E-state index < -0.39 is 0 Å². The highest BCUT2D eigenvalue weighted by atomic mass is 16.5. The topological polar surface area (TPSA) is 46.6 Å². The zero-order valence-electron chi connectivity index (χ0n) is 11.8. The first-order chi connectivity index (χ1) is 9.61. The van der Waals surface area contributed by atoms with Crippen molar-refractivity contribution < 1.29 is 14.3 Å². The number of nitrogens with zero attached hydrogens (tertiary/aromatic N) is 1. The van der Waals surface area contributed by atoms with E-state index in [4.69, 9.17) is 4.74 Å². The molecule has 1 amide bonds. The summed E-state index contributed by atoms with van der Waals surface area (Å²) < 4.78 is 4.77. The summed E-state index contributed by atoms with van der Waals surface area (Å²) in [7, 11) is 1.38. The van der Waals surface area contributed by atoms with Gasteiger partial charge in [-0.2, -0.15) is 0 Å². The number of benzene rings is 1. The molecule has 1 saturated heterocycles. The molecular weight excluding hydrogens is 254 g/mol. The molecule has 0 aliphatic carbocycles. The Morgan fingerprint density at radius 1 is 1.25 bits per heavy atom. The minimum Gasteiger partial charge on any atom is -0.469 e. The minimum atomic E-state index is -0.236. The molecule has 0 N–H and O–H groups in total. The van der Waals surface area contributed by atoms with Gasteiger partial charge in [0.1, 0.15) is 0 Å². The van der Waals surface area contributed by atoms with Crippen LogP contribution >= 0.6 is 0 Å². The second-order valence-electron chi connectivity index (χ2n) is 5.09. The van der Waals surface area contributed by atoms with Crippen molar-refractivity contribution in [3.8, 4) is 0 Å². The molecule has 1 fully saturated rings. The molecule has 1 aliphatic rings. The van der Waals surface area contributed by atoms with E-state index in [-0.39, 0.29) is 23.7 Å². The summed E-state index contributed by atoms with van der Waals surface area (Å²) in [6, 6.07) is 9.66. The third-order valence-corrected chi connectivity index (χ3v) is 3.65. The normalized spacial score (nSPS) is 22.2. The van der Waals surface area contributed by atoms with Crippen LogP contribution in [0, 0.1) is 11.8 Å². The van der Waals surface area contributed by atoms with Crippen LogP contribution in [0.4, 0.5) is 0 Å². The van der Waals surface area contributed by atoms with Crippen molar-refractivity contribution >= 4 is 18.0 Å². The van der Waals surface area contributed by atoms with Crippen molar-refractivity contribution in [1.82, 2.24) is 4.90 Å². The van der Waals surface area contributed by atoms with Crippen molar-refractivity contribution in [3.63, 3.8) is 0 Å². The molecule has 0 bridgehead atoms. The van der Waals surface area contributed by atoms with Gasteiger partial charge in [-0.15, -0.1) is 0 Å². The van der Waals surface area contributed by atoms with Gasteiger partial charge in [0, 0.05) is 19.2 Å². The number of rotatable bonds is 3.